The van der Waals surface area contributed by atoms with E-state index < -0.39 is 0 Å². The van der Waals surface area contributed by atoms with Crippen LogP contribution in [0.5, 0.6) is 0 Å². The molecule has 0 aromatic carbocycles. The molecule has 0 radical (unpaired) electrons. The molecular formula is C11H16BrNS. The average Bonchev–Trinajstić information content (AvgIpc) is 2.47. The molecule has 78 valence electrons. The van der Waals surface area contributed by atoms with E-state index in [1.54, 1.807) is 11.3 Å². The SMILES string of the molecule is Nc1cc(CC2CCCCC2)sc1Br. The summed E-state index contributed by atoms with van der Waals surface area (Å²) in [6, 6.07) is 2.13. The number of halogens is 1. The van der Waals surface area contributed by atoms with E-state index in [0.29, 0.717) is 0 Å². The van der Waals surface area contributed by atoms with E-state index in [1.165, 1.54) is 43.4 Å². The second-order valence-corrected chi connectivity index (χ2v) is 6.60. The Labute approximate surface area is 97.8 Å². The first-order valence-electron chi connectivity index (χ1n) is 5.29. The highest BCUT2D eigenvalue weighted by atomic mass is 79.9. The molecule has 1 saturated carbocycles. The van der Waals surface area contributed by atoms with Gasteiger partial charge in [-0.05, 0) is 34.3 Å². The van der Waals surface area contributed by atoms with Gasteiger partial charge in [-0.3, -0.25) is 0 Å². The van der Waals surface area contributed by atoms with E-state index in [4.69, 9.17) is 5.73 Å². The van der Waals surface area contributed by atoms with E-state index in [9.17, 15) is 0 Å². The standard InChI is InChI=1S/C11H16BrNS/c12-11-10(13)7-9(14-11)6-8-4-2-1-3-5-8/h7-8H,1-6,13H2. The molecule has 1 aliphatic carbocycles. The molecule has 1 aromatic rings. The molecule has 0 bridgehead atoms. The molecule has 0 amide bonds. The lowest BCUT2D eigenvalue weighted by molar-refractivity contribution is 0.358. The molecule has 1 aromatic heterocycles. The summed E-state index contributed by atoms with van der Waals surface area (Å²) in [5, 5.41) is 0. The highest BCUT2D eigenvalue weighted by Crippen LogP contribution is 2.34. The monoisotopic (exact) mass is 273 g/mol. The highest BCUT2D eigenvalue weighted by molar-refractivity contribution is 9.11. The summed E-state index contributed by atoms with van der Waals surface area (Å²) in [5.74, 6) is 0.911. The number of nitrogen functional groups attached to an aromatic ring is 1. The van der Waals surface area contributed by atoms with Crippen LogP contribution in [0, 0.1) is 5.92 Å². The molecule has 1 aliphatic rings. The Morgan fingerprint density at radius 3 is 2.64 bits per heavy atom. The van der Waals surface area contributed by atoms with Crippen LogP contribution in [0.15, 0.2) is 9.85 Å². The van der Waals surface area contributed by atoms with Gasteiger partial charge in [0.15, 0.2) is 0 Å². The molecule has 2 N–H and O–H groups in total. The third-order valence-electron chi connectivity index (χ3n) is 2.98. The fourth-order valence-corrected chi connectivity index (χ4v) is 3.86. The Morgan fingerprint density at radius 2 is 2.07 bits per heavy atom. The minimum atomic E-state index is 0.904. The van der Waals surface area contributed by atoms with Crippen molar-refractivity contribution in [1.82, 2.24) is 0 Å². The molecule has 0 spiro atoms. The van der Waals surface area contributed by atoms with E-state index in [1.807, 2.05) is 0 Å². The van der Waals surface area contributed by atoms with Crippen LogP contribution >= 0.6 is 27.3 Å². The first-order valence-corrected chi connectivity index (χ1v) is 6.90. The number of hydrogen-bond acceptors (Lipinski definition) is 2. The summed E-state index contributed by atoms with van der Waals surface area (Å²) in [6.07, 6.45) is 8.34. The van der Waals surface area contributed by atoms with E-state index in [0.717, 1.165) is 15.4 Å². The van der Waals surface area contributed by atoms with Crippen LogP contribution in [0.25, 0.3) is 0 Å². The molecule has 0 aliphatic heterocycles. The average molecular weight is 274 g/mol. The molecule has 14 heavy (non-hydrogen) atoms. The zero-order valence-electron chi connectivity index (χ0n) is 8.26. The van der Waals surface area contributed by atoms with Crippen LogP contribution in [-0.4, -0.2) is 0 Å². The maximum Gasteiger partial charge on any atom is 0.0930 e. The molecule has 2 rings (SSSR count). The summed E-state index contributed by atoms with van der Waals surface area (Å²) in [6.45, 7) is 0. The normalized spacial score (nSPS) is 18.6. The van der Waals surface area contributed by atoms with E-state index in [-0.39, 0.29) is 0 Å². The van der Waals surface area contributed by atoms with Gasteiger partial charge in [0.05, 0.1) is 9.47 Å². The number of nitrogens with two attached hydrogens (primary N) is 1. The largest absolute Gasteiger partial charge is 0.397 e. The van der Waals surface area contributed by atoms with Crippen molar-refractivity contribution < 1.29 is 0 Å². The van der Waals surface area contributed by atoms with Crippen molar-refractivity contribution >= 4 is 33.0 Å². The molecule has 1 fully saturated rings. The van der Waals surface area contributed by atoms with Gasteiger partial charge in [-0.1, -0.05) is 32.1 Å². The number of hydrogen-bond donors (Lipinski definition) is 1. The summed E-state index contributed by atoms with van der Waals surface area (Å²) < 4.78 is 1.10. The predicted octanol–water partition coefficient (Wildman–Crippen LogP) is 4.22. The smallest absolute Gasteiger partial charge is 0.0930 e. The van der Waals surface area contributed by atoms with Gasteiger partial charge in [-0.2, -0.15) is 0 Å². The second kappa shape index (κ2) is 4.67. The van der Waals surface area contributed by atoms with Crippen LogP contribution in [0.4, 0.5) is 5.69 Å². The van der Waals surface area contributed by atoms with E-state index in [2.05, 4.69) is 22.0 Å². The predicted molar refractivity (Wildman–Crippen MR) is 66.7 cm³/mol. The van der Waals surface area contributed by atoms with Crippen LogP contribution < -0.4 is 5.73 Å². The van der Waals surface area contributed by atoms with Crippen LogP contribution in [0.1, 0.15) is 37.0 Å². The third kappa shape index (κ3) is 2.51. The van der Waals surface area contributed by atoms with Crippen molar-refractivity contribution in [2.24, 2.45) is 5.92 Å². The molecule has 0 saturated heterocycles. The Bertz CT molecular complexity index is 283. The number of anilines is 1. The van der Waals surface area contributed by atoms with Crippen molar-refractivity contribution in [2.75, 3.05) is 5.73 Å². The number of rotatable bonds is 2. The summed E-state index contributed by atoms with van der Waals surface area (Å²) in [4.78, 5) is 1.45. The Balaban J connectivity index is 1.95. The second-order valence-electron chi connectivity index (χ2n) is 4.15. The Hall–Kier alpha value is -0.0200. The minimum Gasteiger partial charge on any atom is -0.397 e. The quantitative estimate of drug-likeness (QED) is 0.858. The summed E-state index contributed by atoms with van der Waals surface area (Å²) >= 11 is 5.27. The van der Waals surface area contributed by atoms with Crippen LogP contribution in [0.2, 0.25) is 0 Å². The molecule has 1 nitrogen and oxygen atoms in total. The fraction of sp³-hybridized carbons (Fsp3) is 0.636. The Kier molecular flexibility index (Phi) is 3.50. The summed E-state index contributed by atoms with van der Waals surface area (Å²) in [5.41, 5.74) is 6.71. The molecule has 1 heterocycles. The first kappa shape index (κ1) is 10.5. The van der Waals surface area contributed by atoms with Gasteiger partial charge in [0, 0.05) is 4.88 Å². The molecule has 0 atom stereocenters. The van der Waals surface area contributed by atoms with Crippen LogP contribution in [0.3, 0.4) is 0 Å². The van der Waals surface area contributed by atoms with Gasteiger partial charge >= 0.3 is 0 Å². The zero-order chi connectivity index (χ0) is 9.97. The fourth-order valence-electron chi connectivity index (χ4n) is 2.21. The minimum absolute atomic E-state index is 0.904. The van der Waals surface area contributed by atoms with Gasteiger partial charge < -0.3 is 5.73 Å². The first-order chi connectivity index (χ1) is 6.75. The van der Waals surface area contributed by atoms with Gasteiger partial charge in [0.1, 0.15) is 0 Å². The molecule has 3 heteroatoms. The van der Waals surface area contributed by atoms with Crippen LogP contribution in [-0.2, 0) is 6.42 Å². The van der Waals surface area contributed by atoms with Gasteiger partial charge in [0.2, 0.25) is 0 Å². The van der Waals surface area contributed by atoms with E-state index >= 15 is 0 Å². The number of thiophene rings is 1. The topological polar surface area (TPSA) is 26.0 Å². The Morgan fingerprint density at radius 1 is 1.36 bits per heavy atom. The lowest BCUT2D eigenvalue weighted by Crippen LogP contribution is -2.08. The van der Waals surface area contributed by atoms with Crippen molar-refractivity contribution in [3.05, 3.63) is 14.7 Å². The molecular weight excluding hydrogens is 258 g/mol. The summed E-state index contributed by atoms with van der Waals surface area (Å²) in [7, 11) is 0. The van der Waals surface area contributed by atoms with Crippen molar-refractivity contribution in [3.8, 4) is 0 Å². The lowest BCUT2D eigenvalue weighted by Gasteiger charge is -2.20. The maximum absolute atomic E-state index is 5.81. The van der Waals surface area contributed by atoms with Crippen molar-refractivity contribution in [2.45, 2.75) is 38.5 Å². The van der Waals surface area contributed by atoms with Gasteiger partial charge in [-0.25, -0.2) is 0 Å². The zero-order valence-corrected chi connectivity index (χ0v) is 10.7. The lowest BCUT2D eigenvalue weighted by atomic mass is 9.87. The van der Waals surface area contributed by atoms with Crippen molar-refractivity contribution in [3.63, 3.8) is 0 Å². The maximum atomic E-state index is 5.81. The third-order valence-corrected chi connectivity index (χ3v) is 4.88. The molecule has 0 unspecified atom stereocenters. The van der Waals surface area contributed by atoms with Gasteiger partial charge in [-0.15, -0.1) is 11.3 Å². The van der Waals surface area contributed by atoms with Gasteiger partial charge in [0.25, 0.3) is 0 Å². The highest BCUT2D eigenvalue weighted by Gasteiger charge is 2.15. The van der Waals surface area contributed by atoms with Crippen molar-refractivity contribution in [1.29, 1.82) is 0 Å².